The van der Waals surface area contributed by atoms with E-state index >= 15 is 0 Å². The Morgan fingerprint density at radius 1 is 1.43 bits per heavy atom. The van der Waals surface area contributed by atoms with Gasteiger partial charge < -0.3 is 10.2 Å². The second-order valence-corrected chi connectivity index (χ2v) is 3.19. The van der Waals surface area contributed by atoms with Crippen molar-refractivity contribution < 1.29 is 9.59 Å². The number of nitrogens with zero attached hydrogens (tertiary/aromatic N) is 1. The summed E-state index contributed by atoms with van der Waals surface area (Å²) in [7, 11) is 0. The number of urea groups is 1. The lowest BCUT2D eigenvalue weighted by atomic mass is 10.4. The molecular weight excluding hydrogens is 184 g/mol. The Labute approximate surface area is 83.8 Å². The topological polar surface area (TPSA) is 87.5 Å². The van der Waals surface area contributed by atoms with Crippen LogP contribution in [0.15, 0.2) is 0 Å². The molecule has 6 heteroatoms. The maximum absolute atomic E-state index is 11.3. The monoisotopic (exact) mass is 202 g/mol. The van der Waals surface area contributed by atoms with Gasteiger partial charge in [-0.2, -0.15) is 0 Å². The zero-order valence-electron chi connectivity index (χ0n) is 8.83. The van der Waals surface area contributed by atoms with Gasteiger partial charge in [0.05, 0.1) is 0 Å². The van der Waals surface area contributed by atoms with Crippen molar-refractivity contribution in [2.45, 2.75) is 26.8 Å². The van der Waals surface area contributed by atoms with Gasteiger partial charge in [0.25, 0.3) is 0 Å². The van der Waals surface area contributed by atoms with Crippen LogP contribution < -0.4 is 16.6 Å². The molecular formula is C8H18N4O2. The highest BCUT2D eigenvalue weighted by molar-refractivity contribution is 5.83. The molecule has 0 unspecified atom stereocenters. The molecule has 0 fully saturated rings. The minimum atomic E-state index is -0.452. The van der Waals surface area contributed by atoms with Crippen molar-refractivity contribution >= 4 is 11.9 Å². The molecule has 0 spiro atoms. The smallest absolute Gasteiger partial charge is 0.331 e. The molecule has 82 valence electrons. The van der Waals surface area contributed by atoms with E-state index in [0.717, 1.165) is 0 Å². The molecule has 0 radical (unpaired) electrons. The molecule has 0 aromatic rings. The first-order valence-corrected chi connectivity index (χ1v) is 4.56. The van der Waals surface area contributed by atoms with Gasteiger partial charge in [-0.25, -0.2) is 10.6 Å². The Morgan fingerprint density at radius 3 is 2.36 bits per heavy atom. The SMILES string of the molecule is CCN(CC(=O)NC(C)C)C(=O)NN. The summed E-state index contributed by atoms with van der Waals surface area (Å²) in [6, 6.07) is -0.381. The third kappa shape index (κ3) is 4.66. The van der Waals surface area contributed by atoms with Crippen LogP contribution in [-0.2, 0) is 4.79 Å². The third-order valence-electron chi connectivity index (χ3n) is 1.58. The minimum Gasteiger partial charge on any atom is -0.352 e. The maximum atomic E-state index is 11.3. The quantitative estimate of drug-likeness (QED) is 0.323. The molecule has 0 rings (SSSR count). The van der Waals surface area contributed by atoms with Crippen molar-refractivity contribution in [2.24, 2.45) is 5.84 Å². The van der Waals surface area contributed by atoms with Crippen LogP contribution in [0.2, 0.25) is 0 Å². The van der Waals surface area contributed by atoms with E-state index in [1.807, 2.05) is 19.3 Å². The number of amides is 3. The van der Waals surface area contributed by atoms with Gasteiger partial charge in [0.2, 0.25) is 5.91 Å². The number of nitrogens with two attached hydrogens (primary N) is 1. The fourth-order valence-corrected chi connectivity index (χ4v) is 0.959. The standard InChI is InChI=1S/C8H18N4O2/c1-4-12(8(14)11-9)5-7(13)10-6(2)3/h6H,4-5,9H2,1-3H3,(H,10,13)(H,11,14). The average Bonchev–Trinajstić information content (AvgIpc) is 2.11. The molecule has 0 saturated carbocycles. The molecule has 0 bridgehead atoms. The van der Waals surface area contributed by atoms with Gasteiger partial charge in [0.1, 0.15) is 6.54 Å². The first kappa shape index (κ1) is 12.7. The average molecular weight is 202 g/mol. The van der Waals surface area contributed by atoms with Crippen molar-refractivity contribution in [1.29, 1.82) is 0 Å². The molecule has 0 aliphatic rings. The van der Waals surface area contributed by atoms with E-state index < -0.39 is 6.03 Å². The summed E-state index contributed by atoms with van der Waals surface area (Å²) in [4.78, 5) is 23.7. The van der Waals surface area contributed by atoms with Crippen molar-refractivity contribution in [3.05, 3.63) is 0 Å². The summed E-state index contributed by atoms with van der Waals surface area (Å²) < 4.78 is 0. The highest BCUT2D eigenvalue weighted by Crippen LogP contribution is 1.88. The van der Waals surface area contributed by atoms with E-state index in [2.05, 4.69) is 5.32 Å². The summed E-state index contributed by atoms with van der Waals surface area (Å²) >= 11 is 0. The minimum absolute atomic E-state index is 0.0255. The normalized spacial score (nSPS) is 9.79. The Morgan fingerprint density at radius 2 is 2.00 bits per heavy atom. The first-order chi connectivity index (χ1) is 6.51. The van der Waals surface area contributed by atoms with Gasteiger partial charge in [-0.15, -0.1) is 0 Å². The van der Waals surface area contributed by atoms with Crippen molar-refractivity contribution in [1.82, 2.24) is 15.6 Å². The molecule has 4 N–H and O–H groups in total. The molecule has 0 aliphatic carbocycles. The number of likely N-dealkylation sites (N-methyl/N-ethyl adjacent to an activating group) is 1. The van der Waals surface area contributed by atoms with Gasteiger partial charge in [-0.1, -0.05) is 0 Å². The van der Waals surface area contributed by atoms with E-state index in [-0.39, 0.29) is 18.5 Å². The van der Waals surface area contributed by atoms with Gasteiger partial charge in [-0.05, 0) is 20.8 Å². The molecule has 14 heavy (non-hydrogen) atoms. The van der Waals surface area contributed by atoms with Crippen LogP contribution in [-0.4, -0.2) is 36.0 Å². The number of hydrazine groups is 1. The largest absolute Gasteiger partial charge is 0.352 e. The number of carbonyl (C=O) groups excluding carboxylic acids is 2. The summed E-state index contributed by atoms with van der Waals surface area (Å²) in [6.45, 7) is 5.96. The number of hydrogen-bond acceptors (Lipinski definition) is 3. The Bertz CT molecular complexity index is 206. The number of nitrogens with one attached hydrogen (secondary N) is 2. The zero-order valence-corrected chi connectivity index (χ0v) is 8.83. The zero-order chi connectivity index (χ0) is 11.1. The molecule has 0 saturated heterocycles. The van der Waals surface area contributed by atoms with Crippen LogP contribution in [0.1, 0.15) is 20.8 Å². The fraction of sp³-hybridized carbons (Fsp3) is 0.750. The van der Waals surface area contributed by atoms with Crippen molar-refractivity contribution in [3.63, 3.8) is 0 Å². The van der Waals surface area contributed by atoms with E-state index in [1.165, 1.54) is 4.90 Å². The molecule has 0 aromatic carbocycles. The molecule has 3 amide bonds. The Kier molecular flexibility index (Phi) is 5.62. The second-order valence-electron chi connectivity index (χ2n) is 3.19. The van der Waals surface area contributed by atoms with Crippen molar-refractivity contribution in [3.8, 4) is 0 Å². The first-order valence-electron chi connectivity index (χ1n) is 4.56. The van der Waals surface area contributed by atoms with E-state index in [4.69, 9.17) is 5.84 Å². The molecule has 6 nitrogen and oxygen atoms in total. The lowest BCUT2D eigenvalue weighted by Gasteiger charge is -2.20. The van der Waals surface area contributed by atoms with Crippen LogP contribution in [0, 0.1) is 0 Å². The summed E-state index contributed by atoms with van der Waals surface area (Å²) in [5.74, 6) is 4.76. The summed E-state index contributed by atoms with van der Waals surface area (Å²) in [5, 5.41) is 2.69. The predicted octanol–water partition coefficient (Wildman–Crippen LogP) is -0.584. The lowest BCUT2D eigenvalue weighted by Crippen LogP contribution is -2.48. The van der Waals surface area contributed by atoms with Crippen LogP contribution in [0.25, 0.3) is 0 Å². The van der Waals surface area contributed by atoms with E-state index in [1.54, 1.807) is 6.92 Å². The maximum Gasteiger partial charge on any atom is 0.331 e. The van der Waals surface area contributed by atoms with Crippen LogP contribution in [0.3, 0.4) is 0 Å². The van der Waals surface area contributed by atoms with E-state index in [9.17, 15) is 9.59 Å². The van der Waals surface area contributed by atoms with E-state index in [0.29, 0.717) is 6.54 Å². The van der Waals surface area contributed by atoms with Crippen LogP contribution in [0.5, 0.6) is 0 Å². The van der Waals surface area contributed by atoms with Gasteiger partial charge in [0.15, 0.2) is 0 Å². The molecule has 0 aliphatic heterocycles. The predicted molar refractivity (Wildman–Crippen MR) is 53.2 cm³/mol. The van der Waals surface area contributed by atoms with Crippen molar-refractivity contribution in [2.75, 3.05) is 13.1 Å². The summed E-state index contributed by atoms with van der Waals surface area (Å²) in [5.41, 5.74) is 1.98. The number of hydrogen-bond donors (Lipinski definition) is 3. The second kappa shape index (κ2) is 6.20. The summed E-state index contributed by atoms with van der Waals surface area (Å²) in [6.07, 6.45) is 0. The highest BCUT2D eigenvalue weighted by Gasteiger charge is 2.14. The molecule has 0 aromatic heterocycles. The number of rotatable bonds is 4. The lowest BCUT2D eigenvalue weighted by molar-refractivity contribution is -0.122. The number of carbonyl (C=O) groups is 2. The van der Waals surface area contributed by atoms with Gasteiger partial charge >= 0.3 is 6.03 Å². The third-order valence-corrected chi connectivity index (χ3v) is 1.58. The molecule has 0 heterocycles. The Hall–Kier alpha value is -1.30. The fourth-order valence-electron chi connectivity index (χ4n) is 0.959. The Balaban J connectivity index is 4.05. The van der Waals surface area contributed by atoms with Gasteiger partial charge in [-0.3, -0.25) is 10.2 Å². The van der Waals surface area contributed by atoms with Crippen LogP contribution in [0.4, 0.5) is 4.79 Å². The van der Waals surface area contributed by atoms with Gasteiger partial charge in [0, 0.05) is 12.6 Å². The molecule has 0 atom stereocenters. The highest BCUT2D eigenvalue weighted by atomic mass is 16.2. The van der Waals surface area contributed by atoms with Crippen LogP contribution >= 0.6 is 0 Å².